The Labute approximate surface area is 195 Å². The number of anilines is 2. The summed E-state index contributed by atoms with van der Waals surface area (Å²) in [5.41, 5.74) is 16.6. The van der Waals surface area contributed by atoms with Crippen LogP contribution in [-0.4, -0.2) is 32.2 Å². The minimum Gasteiger partial charge on any atom is -0.450 e. The third-order valence-corrected chi connectivity index (χ3v) is 5.29. The standard InChI is InChI=1S/C23H24ClN7O2/c24-22-29-20(26)19-21(30-22)31(14-28-19)10-3-4-11-33-23(32)27-13-15-6-5-7-16(12-15)17-8-1-2-9-18(17)25/h1-2,5-9,12,14H,3-4,10-11,13,25H2,(H,27,32)(H2,26,29,30). The molecule has 4 aromatic rings. The maximum absolute atomic E-state index is 12.1. The Morgan fingerprint density at radius 3 is 2.79 bits per heavy atom. The highest BCUT2D eigenvalue weighted by atomic mass is 35.5. The van der Waals surface area contributed by atoms with E-state index in [1.807, 2.05) is 53.1 Å². The molecule has 0 aliphatic rings. The third kappa shape index (κ3) is 5.50. The molecule has 33 heavy (non-hydrogen) atoms. The van der Waals surface area contributed by atoms with Gasteiger partial charge in [0.25, 0.3) is 0 Å². The number of imidazole rings is 1. The number of rotatable bonds is 8. The molecule has 0 fully saturated rings. The van der Waals surface area contributed by atoms with Gasteiger partial charge in [-0.1, -0.05) is 36.4 Å². The number of nitrogen functional groups attached to an aromatic ring is 2. The van der Waals surface area contributed by atoms with Crippen LogP contribution in [-0.2, 0) is 17.8 Å². The largest absolute Gasteiger partial charge is 0.450 e. The first-order valence-corrected chi connectivity index (χ1v) is 10.9. The van der Waals surface area contributed by atoms with E-state index in [0.717, 1.165) is 23.1 Å². The van der Waals surface area contributed by atoms with Gasteiger partial charge in [0.2, 0.25) is 5.28 Å². The van der Waals surface area contributed by atoms with Crippen LogP contribution in [0.4, 0.5) is 16.3 Å². The summed E-state index contributed by atoms with van der Waals surface area (Å²) in [6, 6.07) is 15.6. The lowest BCUT2D eigenvalue weighted by Crippen LogP contribution is -2.24. The van der Waals surface area contributed by atoms with Gasteiger partial charge in [-0.25, -0.2) is 9.78 Å². The molecule has 1 amide bonds. The lowest BCUT2D eigenvalue weighted by atomic mass is 10.0. The molecule has 0 aliphatic carbocycles. The summed E-state index contributed by atoms with van der Waals surface area (Å²) in [5.74, 6) is 0.251. The average Bonchev–Trinajstić information content (AvgIpc) is 3.21. The number of hydrogen-bond donors (Lipinski definition) is 3. The van der Waals surface area contributed by atoms with E-state index in [1.54, 1.807) is 6.33 Å². The molecular weight excluding hydrogens is 442 g/mol. The summed E-state index contributed by atoms with van der Waals surface area (Å²) in [7, 11) is 0. The van der Waals surface area contributed by atoms with Gasteiger partial charge in [0.1, 0.15) is 5.52 Å². The second-order valence-corrected chi connectivity index (χ2v) is 7.81. The van der Waals surface area contributed by atoms with Crippen molar-refractivity contribution in [3.05, 3.63) is 65.7 Å². The summed E-state index contributed by atoms with van der Waals surface area (Å²) in [5, 5.41) is 2.86. The number of hydrogen-bond acceptors (Lipinski definition) is 7. The van der Waals surface area contributed by atoms with E-state index in [9.17, 15) is 4.79 Å². The molecule has 0 spiro atoms. The zero-order valence-electron chi connectivity index (χ0n) is 17.9. The molecule has 10 heteroatoms. The van der Waals surface area contributed by atoms with Crippen LogP contribution in [0.25, 0.3) is 22.3 Å². The Morgan fingerprint density at radius 1 is 1.09 bits per heavy atom. The van der Waals surface area contributed by atoms with E-state index in [2.05, 4.69) is 20.3 Å². The fourth-order valence-electron chi connectivity index (χ4n) is 3.49. The molecule has 0 bridgehead atoms. The zero-order chi connectivity index (χ0) is 23.2. The second-order valence-electron chi connectivity index (χ2n) is 7.47. The van der Waals surface area contributed by atoms with Crippen LogP contribution in [0.3, 0.4) is 0 Å². The number of para-hydroxylation sites is 1. The predicted octanol–water partition coefficient (Wildman–Crippen LogP) is 4.02. The Bertz CT molecular complexity index is 1270. The minimum atomic E-state index is -0.458. The van der Waals surface area contributed by atoms with Crippen molar-refractivity contribution >= 4 is 40.4 Å². The number of amides is 1. The minimum absolute atomic E-state index is 0.0829. The zero-order valence-corrected chi connectivity index (χ0v) is 18.6. The van der Waals surface area contributed by atoms with Gasteiger partial charge in [-0.2, -0.15) is 9.97 Å². The van der Waals surface area contributed by atoms with Crippen molar-refractivity contribution in [3.8, 4) is 11.1 Å². The number of carbonyl (C=O) groups excluding carboxylic acids is 1. The lowest BCUT2D eigenvalue weighted by Gasteiger charge is -2.10. The van der Waals surface area contributed by atoms with Crippen LogP contribution >= 0.6 is 11.6 Å². The van der Waals surface area contributed by atoms with Crippen molar-refractivity contribution in [1.29, 1.82) is 0 Å². The van der Waals surface area contributed by atoms with E-state index in [0.29, 0.717) is 43.0 Å². The summed E-state index contributed by atoms with van der Waals surface area (Å²) in [6.45, 7) is 1.31. The first-order valence-electron chi connectivity index (χ1n) is 10.5. The maximum Gasteiger partial charge on any atom is 0.407 e. The van der Waals surface area contributed by atoms with Crippen molar-refractivity contribution in [2.75, 3.05) is 18.1 Å². The van der Waals surface area contributed by atoms with Crippen LogP contribution in [0.2, 0.25) is 5.28 Å². The fourth-order valence-corrected chi connectivity index (χ4v) is 3.66. The van der Waals surface area contributed by atoms with Crippen molar-refractivity contribution in [2.24, 2.45) is 0 Å². The molecule has 170 valence electrons. The molecule has 2 heterocycles. The monoisotopic (exact) mass is 465 g/mol. The van der Waals surface area contributed by atoms with Crippen molar-refractivity contribution < 1.29 is 9.53 Å². The number of alkyl carbamates (subject to hydrolysis) is 1. The average molecular weight is 466 g/mol. The third-order valence-electron chi connectivity index (χ3n) is 5.13. The normalized spacial score (nSPS) is 10.9. The number of benzene rings is 2. The summed E-state index contributed by atoms with van der Waals surface area (Å²) in [6.07, 6.45) is 2.64. The number of carbonyl (C=O) groups is 1. The summed E-state index contributed by atoms with van der Waals surface area (Å²) >= 11 is 5.88. The van der Waals surface area contributed by atoms with Crippen molar-refractivity contribution in [2.45, 2.75) is 25.9 Å². The van der Waals surface area contributed by atoms with Crippen LogP contribution in [0.15, 0.2) is 54.9 Å². The van der Waals surface area contributed by atoms with Crippen molar-refractivity contribution in [1.82, 2.24) is 24.8 Å². The fraction of sp³-hybridized carbons (Fsp3) is 0.217. The van der Waals surface area contributed by atoms with Crippen LogP contribution < -0.4 is 16.8 Å². The Morgan fingerprint density at radius 2 is 1.94 bits per heavy atom. The number of nitrogens with one attached hydrogen (secondary N) is 1. The Balaban J connectivity index is 1.21. The predicted molar refractivity (Wildman–Crippen MR) is 128 cm³/mol. The molecule has 0 aliphatic heterocycles. The number of fused-ring (bicyclic) bond motifs is 1. The number of aryl methyl sites for hydroxylation is 1. The van der Waals surface area contributed by atoms with Crippen LogP contribution in [0.5, 0.6) is 0 Å². The van der Waals surface area contributed by atoms with Crippen LogP contribution in [0, 0.1) is 0 Å². The summed E-state index contributed by atoms with van der Waals surface area (Å²) < 4.78 is 7.13. The van der Waals surface area contributed by atoms with Gasteiger partial charge >= 0.3 is 6.09 Å². The molecule has 0 radical (unpaired) electrons. The smallest absolute Gasteiger partial charge is 0.407 e. The molecule has 0 saturated heterocycles. The molecule has 0 saturated carbocycles. The Kier molecular flexibility index (Phi) is 6.89. The molecule has 4 rings (SSSR count). The first-order chi connectivity index (χ1) is 16.0. The lowest BCUT2D eigenvalue weighted by molar-refractivity contribution is 0.143. The van der Waals surface area contributed by atoms with E-state index in [-0.39, 0.29) is 11.1 Å². The quantitative estimate of drug-likeness (QED) is 0.203. The molecule has 5 N–H and O–H groups in total. The van der Waals surface area contributed by atoms with E-state index < -0.39 is 6.09 Å². The molecule has 2 aromatic carbocycles. The number of ether oxygens (including phenoxy) is 1. The van der Waals surface area contributed by atoms with Gasteiger partial charge in [0.15, 0.2) is 11.5 Å². The number of unbranched alkanes of at least 4 members (excludes halogenated alkanes) is 1. The number of nitrogens with two attached hydrogens (primary N) is 2. The highest BCUT2D eigenvalue weighted by Gasteiger charge is 2.10. The second kappa shape index (κ2) is 10.2. The molecule has 2 aromatic heterocycles. The maximum atomic E-state index is 12.1. The number of nitrogens with zero attached hydrogens (tertiary/aromatic N) is 4. The van der Waals surface area contributed by atoms with Crippen LogP contribution in [0.1, 0.15) is 18.4 Å². The van der Waals surface area contributed by atoms with Gasteiger partial charge in [-0.15, -0.1) is 0 Å². The number of halogens is 1. The van der Waals surface area contributed by atoms with Crippen molar-refractivity contribution in [3.63, 3.8) is 0 Å². The van der Waals surface area contributed by atoms with Gasteiger partial charge < -0.3 is 26.1 Å². The van der Waals surface area contributed by atoms with Gasteiger partial charge in [-0.05, 0) is 47.7 Å². The SMILES string of the molecule is Nc1ccccc1-c1cccc(CNC(=O)OCCCCn2cnc3c(N)nc(Cl)nc32)c1. The van der Waals surface area contributed by atoms with Gasteiger partial charge in [0.05, 0.1) is 12.9 Å². The highest BCUT2D eigenvalue weighted by molar-refractivity contribution is 6.28. The molecule has 0 atom stereocenters. The molecule has 9 nitrogen and oxygen atoms in total. The van der Waals surface area contributed by atoms with E-state index in [4.69, 9.17) is 27.8 Å². The molecule has 0 unspecified atom stereocenters. The molecular formula is C23H24ClN7O2. The van der Waals surface area contributed by atoms with E-state index in [1.165, 1.54) is 0 Å². The Hall–Kier alpha value is -3.85. The first kappa shape index (κ1) is 22.3. The number of aromatic nitrogens is 4. The van der Waals surface area contributed by atoms with E-state index >= 15 is 0 Å². The highest BCUT2D eigenvalue weighted by Crippen LogP contribution is 2.26. The summed E-state index contributed by atoms with van der Waals surface area (Å²) in [4.78, 5) is 24.3. The van der Waals surface area contributed by atoms with Gasteiger partial charge in [-0.3, -0.25) is 0 Å². The van der Waals surface area contributed by atoms with Gasteiger partial charge in [0, 0.05) is 24.3 Å². The topological polar surface area (TPSA) is 134 Å².